The SMILES string of the molecule is CC(=O)N1CCN(c2ccccc2)[C@H](C)[C@@H]1CC(=O)O. The highest BCUT2D eigenvalue weighted by atomic mass is 16.4. The van der Waals surface area contributed by atoms with E-state index < -0.39 is 5.97 Å². The second-order valence-corrected chi connectivity index (χ2v) is 5.15. The number of para-hydroxylation sites is 1. The highest BCUT2D eigenvalue weighted by Crippen LogP contribution is 2.25. The normalized spacial score (nSPS) is 22.7. The number of amides is 1. The number of hydrogen-bond donors (Lipinski definition) is 1. The molecule has 108 valence electrons. The summed E-state index contributed by atoms with van der Waals surface area (Å²) < 4.78 is 0. The number of rotatable bonds is 3. The highest BCUT2D eigenvalue weighted by Gasteiger charge is 2.36. The fraction of sp³-hybridized carbons (Fsp3) is 0.467. The summed E-state index contributed by atoms with van der Waals surface area (Å²) in [4.78, 5) is 26.6. The van der Waals surface area contributed by atoms with Gasteiger partial charge in [0.1, 0.15) is 0 Å². The number of carboxylic acid groups (broad SMARTS) is 1. The first-order chi connectivity index (χ1) is 9.50. The maximum Gasteiger partial charge on any atom is 0.305 e. The van der Waals surface area contributed by atoms with E-state index in [-0.39, 0.29) is 24.4 Å². The standard InChI is InChI=1S/C15H20N2O3/c1-11-14(10-15(19)20)17(12(2)18)9-8-16(11)13-6-4-3-5-7-13/h3-7,11,14H,8-10H2,1-2H3,(H,19,20)/t11-,14+/m1/s1. The molecule has 0 aliphatic carbocycles. The highest BCUT2D eigenvalue weighted by molar-refractivity contribution is 5.76. The summed E-state index contributed by atoms with van der Waals surface area (Å²) in [6, 6.07) is 9.59. The Balaban J connectivity index is 2.24. The van der Waals surface area contributed by atoms with Crippen LogP contribution in [0.5, 0.6) is 0 Å². The number of aliphatic carboxylic acids is 1. The van der Waals surface area contributed by atoms with Gasteiger partial charge in [0.05, 0.1) is 12.5 Å². The molecule has 1 aromatic rings. The van der Waals surface area contributed by atoms with Crippen molar-refractivity contribution in [1.82, 2.24) is 4.90 Å². The number of benzene rings is 1. The van der Waals surface area contributed by atoms with Gasteiger partial charge in [0.2, 0.25) is 5.91 Å². The lowest BCUT2D eigenvalue weighted by Gasteiger charge is -2.46. The lowest BCUT2D eigenvalue weighted by molar-refractivity contribution is -0.141. The molecule has 0 unspecified atom stereocenters. The molecule has 1 aliphatic rings. The zero-order valence-corrected chi connectivity index (χ0v) is 11.8. The van der Waals surface area contributed by atoms with Crippen molar-refractivity contribution in [2.24, 2.45) is 0 Å². The minimum atomic E-state index is -0.872. The van der Waals surface area contributed by atoms with E-state index in [9.17, 15) is 9.59 Å². The molecule has 1 fully saturated rings. The van der Waals surface area contributed by atoms with Crippen molar-refractivity contribution < 1.29 is 14.7 Å². The molecule has 1 aromatic carbocycles. The third kappa shape index (κ3) is 2.92. The van der Waals surface area contributed by atoms with E-state index in [0.717, 1.165) is 12.2 Å². The van der Waals surface area contributed by atoms with Gasteiger partial charge in [0.15, 0.2) is 0 Å². The topological polar surface area (TPSA) is 60.9 Å². The van der Waals surface area contributed by atoms with Crippen LogP contribution in [-0.2, 0) is 9.59 Å². The molecule has 0 radical (unpaired) electrons. The maximum absolute atomic E-state index is 11.7. The molecule has 0 bridgehead atoms. The molecule has 1 amide bonds. The molecule has 1 heterocycles. The van der Waals surface area contributed by atoms with Gasteiger partial charge in [-0.3, -0.25) is 9.59 Å². The van der Waals surface area contributed by atoms with Gasteiger partial charge >= 0.3 is 5.97 Å². The van der Waals surface area contributed by atoms with Crippen molar-refractivity contribution in [3.8, 4) is 0 Å². The minimum Gasteiger partial charge on any atom is -0.481 e. The van der Waals surface area contributed by atoms with Gasteiger partial charge in [0, 0.05) is 31.7 Å². The average molecular weight is 276 g/mol. The van der Waals surface area contributed by atoms with Crippen LogP contribution in [0.1, 0.15) is 20.3 Å². The smallest absolute Gasteiger partial charge is 0.305 e. The fourth-order valence-electron chi connectivity index (χ4n) is 2.89. The van der Waals surface area contributed by atoms with Gasteiger partial charge in [-0.1, -0.05) is 18.2 Å². The van der Waals surface area contributed by atoms with Crippen molar-refractivity contribution >= 4 is 17.6 Å². The minimum absolute atomic E-state index is 0.0221. The summed E-state index contributed by atoms with van der Waals surface area (Å²) >= 11 is 0. The predicted molar refractivity (Wildman–Crippen MR) is 76.7 cm³/mol. The van der Waals surface area contributed by atoms with Gasteiger partial charge in [-0.05, 0) is 19.1 Å². The van der Waals surface area contributed by atoms with Crippen LogP contribution in [0.2, 0.25) is 0 Å². The van der Waals surface area contributed by atoms with E-state index in [1.165, 1.54) is 6.92 Å². The number of hydrogen-bond acceptors (Lipinski definition) is 3. The van der Waals surface area contributed by atoms with Crippen LogP contribution >= 0.6 is 0 Å². The van der Waals surface area contributed by atoms with E-state index in [2.05, 4.69) is 4.90 Å². The number of anilines is 1. The first-order valence-electron chi connectivity index (χ1n) is 6.81. The molecule has 1 aliphatic heterocycles. The largest absolute Gasteiger partial charge is 0.481 e. The second kappa shape index (κ2) is 5.94. The van der Waals surface area contributed by atoms with Crippen LogP contribution in [0.3, 0.4) is 0 Å². The number of nitrogens with zero attached hydrogens (tertiary/aromatic N) is 2. The lowest BCUT2D eigenvalue weighted by atomic mass is 9.98. The van der Waals surface area contributed by atoms with Crippen molar-refractivity contribution in [3.05, 3.63) is 30.3 Å². The molecule has 20 heavy (non-hydrogen) atoms. The first-order valence-corrected chi connectivity index (χ1v) is 6.81. The average Bonchev–Trinajstić information content (AvgIpc) is 2.41. The van der Waals surface area contributed by atoms with E-state index in [1.807, 2.05) is 37.3 Å². The third-order valence-corrected chi connectivity index (χ3v) is 3.91. The summed E-state index contributed by atoms with van der Waals surface area (Å²) in [6.07, 6.45) is -0.0237. The van der Waals surface area contributed by atoms with E-state index in [4.69, 9.17) is 5.11 Å². The molecular formula is C15H20N2O3. The first kappa shape index (κ1) is 14.4. The Kier molecular flexibility index (Phi) is 4.27. The molecule has 0 aromatic heterocycles. The lowest BCUT2D eigenvalue weighted by Crippen LogP contribution is -2.60. The molecule has 1 N–H and O–H groups in total. The van der Waals surface area contributed by atoms with Crippen molar-refractivity contribution in [2.45, 2.75) is 32.4 Å². The van der Waals surface area contributed by atoms with Gasteiger partial charge in [0.25, 0.3) is 0 Å². The zero-order chi connectivity index (χ0) is 14.7. The summed E-state index contributed by atoms with van der Waals surface area (Å²) in [5.41, 5.74) is 1.07. The molecule has 0 spiro atoms. The quantitative estimate of drug-likeness (QED) is 0.910. The second-order valence-electron chi connectivity index (χ2n) is 5.15. The molecule has 2 rings (SSSR count). The van der Waals surface area contributed by atoms with Crippen LogP contribution < -0.4 is 4.90 Å². The number of carbonyl (C=O) groups excluding carboxylic acids is 1. The van der Waals surface area contributed by atoms with E-state index in [0.29, 0.717) is 6.54 Å². The van der Waals surface area contributed by atoms with E-state index in [1.54, 1.807) is 4.90 Å². The summed E-state index contributed by atoms with van der Waals surface area (Å²) in [7, 11) is 0. The Labute approximate surface area is 118 Å². The molecular weight excluding hydrogens is 256 g/mol. The zero-order valence-electron chi connectivity index (χ0n) is 11.8. The number of carbonyl (C=O) groups is 2. The van der Waals surface area contributed by atoms with Gasteiger partial charge in [-0.2, -0.15) is 0 Å². The van der Waals surface area contributed by atoms with Crippen LogP contribution in [0.15, 0.2) is 30.3 Å². The Hall–Kier alpha value is -2.04. The van der Waals surface area contributed by atoms with E-state index >= 15 is 0 Å². The van der Waals surface area contributed by atoms with Crippen molar-refractivity contribution in [2.75, 3.05) is 18.0 Å². The Bertz CT molecular complexity index is 489. The Morgan fingerprint density at radius 1 is 1.25 bits per heavy atom. The van der Waals surface area contributed by atoms with Crippen molar-refractivity contribution in [1.29, 1.82) is 0 Å². The Morgan fingerprint density at radius 3 is 2.45 bits per heavy atom. The number of piperazine rings is 1. The van der Waals surface area contributed by atoms with Crippen molar-refractivity contribution in [3.63, 3.8) is 0 Å². The van der Waals surface area contributed by atoms with Crippen LogP contribution in [-0.4, -0.2) is 47.1 Å². The maximum atomic E-state index is 11.7. The fourth-order valence-corrected chi connectivity index (χ4v) is 2.89. The number of carboxylic acids is 1. The molecule has 1 saturated heterocycles. The van der Waals surface area contributed by atoms with Gasteiger partial charge in [-0.15, -0.1) is 0 Å². The molecule has 5 nitrogen and oxygen atoms in total. The van der Waals surface area contributed by atoms with Gasteiger partial charge < -0.3 is 14.9 Å². The Morgan fingerprint density at radius 2 is 1.90 bits per heavy atom. The molecule has 2 atom stereocenters. The van der Waals surface area contributed by atoms with Crippen LogP contribution in [0.25, 0.3) is 0 Å². The van der Waals surface area contributed by atoms with Crippen LogP contribution in [0.4, 0.5) is 5.69 Å². The predicted octanol–water partition coefficient (Wildman–Crippen LogP) is 1.59. The molecule has 5 heteroatoms. The summed E-state index contributed by atoms with van der Waals surface area (Å²) in [5, 5.41) is 9.08. The summed E-state index contributed by atoms with van der Waals surface area (Å²) in [5.74, 6) is -0.932. The monoisotopic (exact) mass is 276 g/mol. The summed E-state index contributed by atoms with van der Waals surface area (Å²) in [6.45, 7) is 4.77. The van der Waals surface area contributed by atoms with Crippen LogP contribution in [0, 0.1) is 0 Å². The third-order valence-electron chi connectivity index (χ3n) is 3.91. The molecule has 0 saturated carbocycles. The van der Waals surface area contributed by atoms with Gasteiger partial charge in [-0.25, -0.2) is 0 Å².